The molecule has 0 saturated carbocycles. The molecule has 0 amide bonds. The number of nitrogens with two attached hydrogens (primary N) is 1. The van der Waals surface area contributed by atoms with Crippen LogP contribution in [0.5, 0.6) is 0 Å². The van der Waals surface area contributed by atoms with Crippen LogP contribution in [0, 0.1) is 5.82 Å². The van der Waals surface area contributed by atoms with Crippen LogP contribution in [0.4, 0.5) is 4.39 Å². The summed E-state index contributed by atoms with van der Waals surface area (Å²) < 4.78 is 14.1. The molecule has 0 radical (unpaired) electrons. The molecule has 0 aliphatic rings. The predicted molar refractivity (Wildman–Crippen MR) is 59.6 cm³/mol. The van der Waals surface area contributed by atoms with Crippen LogP contribution >= 0.6 is 22.9 Å². The number of hydrogen-bond donors (Lipinski definition) is 1. The fraction of sp³-hybridized carbons (Fsp3) is 0.200. The van der Waals surface area contributed by atoms with E-state index in [4.69, 9.17) is 17.3 Å². The summed E-state index contributed by atoms with van der Waals surface area (Å²) in [5, 5.41) is 3.16. The van der Waals surface area contributed by atoms with Crippen LogP contribution < -0.4 is 5.73 Å². The molecular formula is C10H9ClFNS. The first-order valence-electron chi connectivity index (χ1n) is 4.27. The highest BCUT2D eigenvalue weighted by Crippen LogP contribution is 2.32. The molecule has 14 heavy (non-hydrogen) atoms. The Labute approximate surface area is 90.3 Å². The van der Waals surface area contributed by atoms with E-state index in [1.165, 1.54) is 17.4 Å². The van der Waals surface area contributed by atoms with Crippen molar-refractivity contribution in [1.29, 1.82) is 0 Å². The zero-order valence-corrected chi connectivity index (χ0v) is 8.96. The average Bonchev–Trinajstić information content (AvgIpc) is 2.49. The second-order valence-corrected chi connectivity index (χ2v) is 4.36. The minimum Gasteiger partial charge on any atom is -0.330 e. The van der Waals surface area contributed by atoms with Gasteiger partial charge in [0.2, 0.25) is 0 Å². The van der Waals surface area contributed by atoms with E-state index in [2.05, 4.69) is 0 Å². The Morgan fingerprint density at radius 2 is 2.21 bits per heavy atom. The van der Waals surface area contributed by atoms with Crippen LogP contribution in [0.3, 0.4) is 0 Å². The van der Waals surface area contributed by atoms with Crippen molar-refractivity contribution in [1.82, 2.24) is 0 Å². The SMILES string of the molecule is NCCc1cc(F)c2scc(Cl)c2c1. The summed E-state index contributed by atoms with van der Waals surface area (Å²) in [6, 6.07) is 3.44. The molecule has 2 rings (SSSR count). The molecule has 1 nitrogen and oxygen atoms in total. The molecule has 2 aromatic rings. The number of benzene rings is 1. The summed E-state index contributed by atoms with van der Waals surface area (Å²) in [4.78, 5) is 0. The zero-order chi connectivity index (χ0) is 10.1. The topological polar surface area (TPSA) is 26.0 Å². The third-order valence-corrected chi connectivity index (χ3v) is 3.52. The van der Waals surface area contributed by atoms with Gasteiger partial charge in [0.05, 0.1) is 9.72 Å². The van der Waals surface area contributed by atoms with Crippen molar-refractivity contribution < 1.29 is 4.39 Å². The summed E-state index contributed by atoms with van der Waals surface area (Å²) in [5.74, 6) is -0.206. The molecule has 0 aliphatic carbocycles. The fourth-order valence-electron chi connectivity index (χ4n) is 1.43. The molecule has 1 aromatic carbocycles. The first-order valence-corrected chi connectivity index (χ1v) is 5.53. The minimum absolute atomic E-state index is 0.206. The van der Waals surface area contributed by atoms with E-state index in [1.807, 2.05) is 6.07 Å². The first kappa shape index (κ1) is 9.90. The van der Waals surface area contributed by atoms with Crippen molar-refractivity contribution in [2.75, 3.05) is 6.54 Å². The molecule has 1 heterocycles. The molecule has 0 bridgehead atoms. The lowest BCUT2D eigenvalue weighted by Crippen LogP contribution is -2.02. The van der Waals surface area contributed by atoms with Gasteiger partial charge in [0.25, 0.3) is 0 Å². The third-order valence-electron chi connectivity index (χ3n) is 2.07. The Bertz CT molecular complexity index is 466. The molecular weight excluding hydrogens is 221 g/mol. The van der Waals surface area contributed by atoms with Gasteiger partial charge in [-0.3, -0.25) is 0 Å². The Balaban J connectivity index is 2.63. The van der Waals surface area contributed by atoms with Crippen LogP contribution in [0.25, 0.3) is 10.1 Å². The van der Waals surface area contributed by atoms with Gasteiger partial charge < -0.3 is 5.73 Å². The van der Waals surface area contributed by atoms with Crippen LogP contribution in [0.2, 0.25) is 5.02 Å². The van der Waals surface area contributed by atoms with Crippen molar-refractivity contribution in [3.63, 3.8) is 0 Å². The third kappa shape index (κ3) is 1.63. The second kappa shape index (κ2) is 3.85. The van der Waals surface area contributed by atoms with Gasteiger partial charge >= 0.3 is 0 Å². The molecule has 0 spiro atoms. The number of fused-ring (bicyclic) bond motifs is 1. The Morgan fingerprint density at radius 3 is 2.93 bits per heavy atom. The number of halogens is 2. The molecule has 2 N–H and O–H groups in total. The van der Waals surface area contributed by atoms with Gasteiger partial charge in [0, 0.05) is 10.8 Å². The number of thiophene rings is 1. The van der Waals surface area contributed by atoms with E-state index >= 15 is 0 Å². The Kier molecular flexibility index (Phi) is 2.72. The molecule has 1 aromatic heterocycles. The maximum absolute atomic E-state index is 13.5. The standard InChI is InChI=1S/C10H9ClFNS/c11-8-5-14-10-7(8)3-6(1-2-13)4-9(10)12/h3-5H,1-2,13H2. The predicted octanol–water partition coefficient (Wildman–Crippen LogP) is 3.20. The smallest absolute Gasteiger partial charge is 0.141 e. The van der Waals surface area contributed by atoms with E-state index in [-0.39, 0.29) is 5.82 Å². The maximum Gasteiger partial charge on any atom is 0.141 e. The summed E-state index contributed by atoms with van der Waals surface area (Å²) in [7, 11) is 0. The van der Waals surface area contributed by atoms with Gasteiger partial charge in [0.15, 0.2) is 0 Å². The summed E-state index contributed by atoms with van der Waals surface area (Å²) >= 11 is 7.26. The molecule has 0 atom stereocenters. The van der Waals surface area contributed by atoms with Crippen LogP contribution in [-0.4, -0.2) is 6.54 Å². The molecule has 74 valence electrons. The van der Waals surface area contributed by atoms with Gasteiger partial charge in [-0.05, 0) is 30.7 Å². The fourth-order valence-corrected chi connectivity index (χ4v) is 2.59. The van der Waals surface area contributed by atoms with E-state index in [0.717, 1.165) is 10.9 Å². The van der Waals surface area contributed by atoms with Crippen molar-refractivity contribution >= 4 is 33.0 Å². The highest BCUT2D eigenvalue weighted by atomic mass is 35.5. The van der Waals surface area contributed by atoms with Gasteiger partial charge in [0.1, 0.15) is 5.82 Å². The van der Waals surface area contributed by atoms with Gasteiger partial charge in [-0.15, -0.1) is 11.3 Å². The van der Waals surface area contributed by atoms with Crippen molar-refractivity contribution in [3.05, 3.63) is 33.9 Å². The molecule has 0 unspecified atom stereocenters. The van der Waals surface area contributed by atoms with Crippen LogP contribution in [-0.2, 0) is 6.42 Å². The summed E-state index contributed by atoms with van der Waals surface area (Å²) in [6.45, 7) is 0.521. The van der Waals surface area contributed by atoms with Gasteiger partial charge in [-0.2, -0.15) is 0 Å². The Hall–Kier alpha value is -0.640. The maximum atomic E-state index is 13.5. The van der Waals surface area contributed by atoms with E-state index in [9.17, 15) is 4.39 Å². The van der Waals surface area contributed by atoms with Crippen molar-refractivity contribution in [2.45, 2.75) is 6.42 Å². The van der Waals surface area contributed by atoms with Crippen LogP contribution in [0.15, 0.2) is 17.5 Å². The van der Waals surface area contributed by atoms with E-state index in [0.29, 0.717) is 22.7 Å². The van der Waals surface area contributed by atoms with Crippen molar-refractivity contribution in [2.24, 2.45) is 5.73 Å². The molecule has 0 saturated heterocycles. The van der Waals surface area contributed by atoms with Crippen LogP contribution in [0.1, 0.15) is 5.56 Å². The number of rotatable bonds is 2. The van der Waals surface area contributed by atoms with Gasteiger partial charge in [-0.25, -0.2) is 4.39 Å². The summed E-state index contributed by atoms with van der Waals surface area (Å²) in [5.41, 5.74) is 6.32. The van der Waals surface area contributed by atoms with Crippen molar-refractivity contribution in [3.8, 4) is 0 Å². The monoisotopic (exact) mass is 229 g/mol. The largest absolute Gasteiger partial charge is 0.330 e. The van der Waals surface area contributed by atoms with Gasteiger partial charge in [-0.1, -0.05) is 11.6 Å². The normalized spacial score (nSPS) is 11.1. The Morgan fingerprint density at radius 1 is 1.43 bits per heavy atom. The number of hydrogen-bond acceptors (Lipinski definition) is 2. The zero-order valence-electron chi connectivity index (χ0n) is 7.39. The quantitative estimate of drug-likeness (QED) is 0.841. The molecule has 0 fully saturated rings. The average molecular weight is 230 g/mol. The van der Waals surface area contributed by atoms with E-state index < -0.39 is 0 Å². The first-order chi connectivity index (χ1) is 6.72. The van der Waals surface area contributed by atoms with E-state index in [1.54, 1.807) is 5.38 Å². The lowest BCUT2D eigenvalue weighted by molar-refractivity contribution is 0.639. The lowest BCUT2D eigenvalue weighted by atomic mass is 10.1. The highest BCUT2D eigenvalue weighted by Gasteiger charge is 2.08. The highest BCUT2D eigenvalue weighted by molar-refractivity contribution is 7.17. The molecule has 4 heteroatoms. The molecule has 0 aliphatic heterocycles. The lowest BCUT2D eigenvalue weighted by Gasteiger charge is -2.00. The summed E-state index contributed by atoms with van der Waals surface area (Å²) in [6.07, 6.45) is 0.680. The minimum atomic E-state index is -0.206. The second-order valence-electron chi connectivity index (χ2n) is 3.08.